The maximum Gasteiger partial charge on any atom is 0.323 e. The molecule has 2 aromatic carbocycles. The Balaban J connectivity index is 1.94. The van der Waals surface area contributed by atoms with Crippen molar-refractivity contribution >= 4 is 29.2 Å². The summed E-state index contributed by atoms with van der Waals surface area (Å²) in [7, 11) is 0. The highest BCUT2D eigenvalue weighted by Crippen LogP contribution is 2.19. The van der Waals surface area contributed by atoms with E-state index in [1.54, 1.807) is 11.8 Å². The molecule has 2 aromatic rings. The number of ether oxygens (including phenoxy) is 1. The minimum absolute atomic E-state index is 0.266. The molecule has 0 unspecified atom stereocenters. The van der Waals surface area contributed by atoms with E-state index in [0.29, 0.717) is 6.61 Å². The Morgan fingerprint density at radius 1 is 1.10 bits per heavy atom. The van der Waals surface area contributed by atoms with Gasteiger partial charge in [0.2, 0.25) is 0 Å². The van der Waals surface area contributed by atoms with Crippen molar-refractivity contribution in [2.45, 2.75) is 11.8 Å². The molecule has 0 spiro atoms. The average molecular weight is 302 g/mol. The molecule has 0 aromatic heterocycles. The summed E-state index contributed by atoms with van der Waals surface area (Å²) in [5.41, 5.74) is 1.49. The summed E-state index contributed by atoms with van der Waals surface area (Å²) in [6.07, 6.45) is 2.00. The molecule has 0 bridgehead atoms. The molecular weight excluding hydrogens is 284 g/mol. The standard InChI is InChI=1S/C16H18N2O2S/c1-3-20-14-9-7-12(8-10-14)17-16(19)18-13-5-4-6-15(11-13)21-2/h4-11H,3H2,1-2H3,(H2,17,18,19). The van der Waals surface area contributed by atoms with Gasteiger partial charge >= 0.3 is 6.03 Å². The minimum atomic E-state index is -0.266. The number of amides is 2. The van der Waals surface area contributed by atoms with Crippen LogP contribution in [0.15, 0.2) is 53.4 Å². The van der Waals surface area contributed by atoms with Crippen molar-refractivity contribution in [3.63, 3.8) is 0 Å². The molecular formula is C16H18N2O2S. The average Bonchev–Trinajstić information content (AvgIpc) is 2.49. The third kappa shape index (κ3) is 4.72. The van der Waals surface area contributed by atoms with Gasteiger partial charge in [0.15, 0.2) is 0 Å². The van der Waals surface area contributed by atoms with Crippen molar-refractivity contribution in [2.24, 2.45) is 0 Å². The molecule has 0 saturated heterocycles. The molecule has 0 fully saturated rings. The van der Waals surface area contributed by atoms with E-state index in [-0.39, 0.29) is 6.03 Å². The second-order valence-corrected chi connectivity index (χ2v) is 5.15. The Kier molecular flexibility index (Phi) is 5.51. The largest absolute Gasteiger partial charge is 0.494 e. The Morgan fingerprint density at radius 2 is 1.81 bits per heavy atom. The Bertz CT molecular complexity index is 599. The molecule has 4 nitrogen and oxygen atoms in total. The summed E-state index contributed by atoms with van der Waals surface area (Å²) in [6.45, 7) is 2.56. The summed E-state index contributed by atoms with van der Waals surface area (Å²) >= 11 is 1.63. The molecule has 0 aliphatic rings. The zero-order valence-electron chi connectivity index (χ0n) is 12.1. The maximum atomic E-state index is 11.9. The fourth-order valence-corrected chi connectivity index (χ4v) is 2.25. The van der Waals surface area contributed by atoms with Crippen molar-refractivity contribution in [3.8, 4) is 5.75 Å². The van der Waals surface area contributed by atoms with Crippen LogP contribution in [0, 0.1) is 0 Å². The van der Waals surface area contributed by atoms with Crippen molar-refractivity contribution in [1.82, 2.24) is 0 Å². The molecule has 0 heterocycles. The van der Waals surface area contributed by atoms with Gasteiger partial charge in [-0.2, -0.15) is 0 Å². The number of rotatable bonds is 5. The van der Waals surface area contributed by atoms with Gasteiger partial charge in [0.25, 0.3) is 0 Å². The molecule has 0 aliphatic carbocycles. The molecule has 0 atom stereocenters. The molecule has 21 heavy (non-hydrogen) atoms. The van der Waals surface area contributed by atoms with Crippen LogP contribution in [0.3, 0.4) is 0 Å². The lowest BCUT2D eigenvalue weighted by molar-refractivity contribution is 0.262. The molecule has 0 radical (unpaired) electrons. The summed E-state index contributed by atoms with van der Waals surface area (Å²) in [5.74, 6) is 0.788. The van der Waals surface area contributed by atoms with Crippen LogP contribution in [0.5, 0.6) is 5.75 Å². The first-order valence-electron chi connectivity index (χ1n) is 6.66. The molecule has 110 valence electrons. The number of thioether (sulfide) groups is 1. The van der Waals surface area contributed by atoms with Gasteiger partial charge in [-0.1, -0.05) is 6.07 Å². The first-order valence-corrected chi connectivity index (χ1v) is 7.88. The Morgan fingerprint density at radius 3 is 2.48 bits per heavy atom. The van der Waals surface area contributed by atoms with E-state index in [1.165, 1.54) is 0 Å². The second kappa shape index (κ2) is 7.59. The van der Waals surface area contributed by atoms with Gasteiger partial charge < -0.3 is 15.4 Å². The van der Waals surface area contributed by atoms with E-state index in [2.05, 4.69) is 10.6 Å². The smallest absolute Gasteiger partial charge is 0.323 e. The fraction of sp³-hybridized carbons (Fsp3) is 0.188. The van der Waals surface area contributed by atoms with Crippen LogP contribution in [0.25, 0.3) is 0 Å². The summed E-state index contributed by atoms with van der Waals surface area (Å²) in [5, 5.41) is 5.60. The lowest BCUT2D eigenvalue weighted by atomic mass is 10.3. The first kappa shape index (κ1) is 15.3. The van der Waals surface area contributed by atoms with E-state index in [4.69, 9.17) is 4.74 Å². The van der Waals surface area contributed by atoms with E-state index in [1.807, 2.05) is 61.7 Å². The Labute approximate surface area is 128 Å². The van der Waals surface area contributed by atoms with Crippen molar-refractivity contribution in [2.75, 3.05) is 23.5 Å². The maximum absolute atomic E-state index is 11.9. The minimum Gasteiger partial charge on any atom is -0.494 e. The summed E-state index contributed by atoms with van der Waals surface area (Å²) in [6, 6.07) is 14.7. The highest BCUT2D eigenvalue weighted by atomic mass is 32.2. The monoisotopic (exact) mass is 302 g/mol. The van der Waals surface area contributed by atoms with E-state index in [9.17, 15) is 4.79 Å². The van der Waals surface area contributed by atoms with Crippen molar-refractivity contribution < 1.29 is 9.53 Å². The van der Waals surface area contributed by atoms with Crippen LogP contribution in [-0.2, 0) is 0 Å². The Hall–Kier alpha value is -2.14. The van der Waals surface area contributed by atoms with Gasteiger partial charge in [-0.05, 0) is 55.6 Å². The second-order valence-electron chi connectivity index (χ2n) is 4.27. The fourth-order valence-electron chi connectivity index (χ4n) is 1.80. The van der Waals surface area contributed by atoms with Crippen LogP contribution >= 0.6 is 11.8 Å². The zero-order chi connectivity index (χ0) is 15.1. The van der Waals surface area contributed by atoms with Gasteiger partial charge in [0.1, 0.15) is 5.75 Å². The third-order valence-electron chi connectivity index (χ3n) is 2.75. The zero-order valence-corrected chi connectivity index (χ0v) is 12.9. The van der Waals surface area contributed by atoms with Crippen molar-refractivity contribution in [3.05, 3.63) is 48.5 Å². The van der Waals surface area contributed by atoms with Gasteiger partial charge in [0, 0.05) is 16.3 Å². The molecule has 0 aliphatic heterocycles. The topological polar surface area (TPSA) is 50.4 Å². The molecule has 5 heteroatoms. The van der Waals surface area contributed by atoms with Crippen LogP contribution in [0.2, 0.25) is 0 Å². The van der Waals surface area contributed by atoms with Gasteiger partial charge in [0.05, 0.1) is 6.61 Å². The quantitative estimate of drug-likeness (QED) is 0.802. The molecule has 2 rings (SSSR count). The third-order valence-corrected chi connectivity index (χ3v) is 3.48. The predicted octanol–water partition coefficient (Wildman–Crippen LogP) is 4.45. The van der Waals surface area contributed by atoms with E-state index < -0.39 is 0 Å². The number of carbonyl (C=O) groups is 1. The lowest BCUT2D eigenvalue weighted by Crippen LogP contribution is -2.19. The normalized spacial score (nSPS) is 10.0. The van der Waals surface area contributed by atoms with Gasteiger partial charge in [-0.3, -0.25) is 0 Å². The summed E-state index contributed by atoms with van der Waals surface area (Å²) < 4.78 is 5.36. The van der Waals surface area contributed by atoms with E-state index in [0.717, 1.165) is 22.0 Å². The number of carbonyl (C=O) groups excluding carboxylic acids is 1. The number of urea groups is 1. The lowest BCUT2D eigenvalue weighted by Gasteiger charge is -2.09. The predicted molar refractivity (Wildman–Crippen MR) is 88.5 cm³/mol. The number of anilines is 2. The number of benzene rings is 2. The summed E-state index contributed by atoms with van der Waals surface area (Å²) in [4.78, 5) is 13.0. The number of hydrogen-bond acceptors (Lipinski definition) is 3. The van der Waals surface area contributed by atoms with E-state index >= 15 is 0 Å². The molecule has 2 amide bonds. The molecule has 2 N–H and O–H groups in total. The highest BCUT2D eigenvalue weighted by Gasteiger charge is 2.03. The number of nitrogens with one attached hydrogen (secondary N) is 2. The first-order chi connectivity index (χ1) is 10.2. The number of hydrogen-bond donors (Lipinski definition) is 2. The van der Waals surface area contributed by atoms with Crippen molar-refractivity contribution in [1.29, 1.82) is 0 Å². The SMILES string of the molecule is CCOc1ccc(NC(=O)Nc2cccc(SC)c2)cc1. The highest BCUT2D eigenvalue weighted by molar-refractivity contribution is 7.98. The van der Waals surface area contributed by atoms with Crippen LogP contribution in [0.1, 0.15) is 6.92 Å². The van der Waals surface area contributed by atoms with Gasteiger partial charge in [-0.25, -0.2) is 4.79 Å². The van der Waals surface area contributed by atoms with Crippen LogP contribution < -0.4 is 15.4 Å². The van der Waals surface area contributed by atoms with Crippen LogP contribution in [-0.4, -0.2) is 18.9 Å². The molecule has 0 saturated carbocycles. The van der Waals surface area contributed by atoms with Gasteiger partial charge in [-0.15, -0.1) is 11.8 Å². The van der Waals surface area contributed by atoms with Crippen LogP contribution in [0.4, 0.5) is 16.2 Å².